The monoisotopic (exact) mass is 438 g/mol. The van der Waals surface area contributed by atoms with Gasteiger partial charge in [-0.1, -0.05) is 6.92 Å². The molecule has 0 spiro atoms. The van der Waals surface area contributed by atoms with Gasteiger partial charge in [-0.2, -0.15) is 5.10 Å². The second kappa shape index (κ2) is 8.35. The lowest BCUT2D eigenvalue weighted by Gasteiger charge is -2.39. The smallest absolute Gasteiger partial charge is 0.258 e. The summed E-state index contributed by atoms with van der Waals surface area (Å²) in [6.45, 7) is 7.57. The number of aromatic nitrogens is 2. The van der Waals surface area contributed by atoms with Crippen molar-refractivity contribution in [2.24, 2.45) is 0 Å². The quantitative estimate of drug-likeness (QED) is 0.689. The fourth-order valence-electron chi connectivity index (χ4n) is 3.55. The van der Waals surface area contributed by atoms with Gasteiger partial charge in [0.05, 0.1) is 6.20 Å². The fourth-order valence-corrected chi connectivity index (χ4v) is 4.64. The number of carbonyl (C=O) groups is 1. The Morgan fingerprint density at radius 3 is 2.77 bits per heavy atom. The number of benzene rings is 1. The van der Waals surface area contributed by atoms with E-state index in [1.807, 2.05) is 20.8 Å². The molecule has 0 radical (unpaired) electrons. The van der Waals surface area contributed by atoms with Crippen LogP contribution in [0.2, 0.25) is 0 Å². The number of hydrogen-bond acceptors (Lipinski definition) is 6. The Morgan fingerprint density at radius 2 is 2.10 bits per heavy atom. The standard InChI is InChI=1S/C20H27FN4O4S/c1-5-25-17(9-10-22-25)24-18(26)19(30(27,28)6-2)23-15-12-20(3,4)29-16-8-7-13(21)11-14(15)16/h7-11,15,19,23H,5-6,12H2,1-4H3,(H,24,26). The molecule has 1 aromatic carbocycles. The molecular weight excluding hydrogens is 411 g/mol. The summed E-state index contributed by atoms with van der Waals surface area (Å²) in [7, 11) is -3.82. The van der Waals surface area contributed by atoms with Crippen molar-refractivity contribution in [1.82, 2.24) is 15.1 Å². The lowest BCUT2D eigenvalue weighted by atomic mass is 9.89. The molecule has 1 aliphatic heterocycles. The Hall–Kier alpha value is -2.46. The van der Waals surface area contributed by atoms with E-state index in [1.54, 1.807) is 10.7 Å². The highest BCUT2D eigenvalue weighted by Crippen LogP contribution is 2.40. The van der Waals surface area contributed by atoms with Gasteiger partial charge in [0, 0.05) is 36.4 Å². The van der Waals surface area contributed by atoms with E-state index in [2.05, 4.69) is 15.7 Å². The number of rotatable bonds is 7. The van der Waals surface area contributed by atoms with Crippen molar-refractivity contribution in [2.75, 3.05) is 11.1 Å². The van der Waals surface area contributed by atoms with E-state index in [-0.39, 0.29) is 5.75 Å². The van der Waals surface area contributed by atoms with Gasteiger partial charge in [-0.05, 0) is 39.0 Å². The molecule has 2 heterocycles. The number of amides is 1. The van der Waals surface area contributed by atoms with Gasteiger partial charge in [0.15, 0.2) is 15.2 Å². The van der Waals surface area contributed by atoms with E-state index in [4.69, 9.17) is 4.74 Å². The van der Waals surface area contributed by atoms with Crippen LogP contribution in [0.1, 0.15) is 45.7 Å². The van der Waals surface area contributed by atoms with Crippen molar-refractivity contribution in [3.8, 4) is 5.75 Å². The summed E-state index contributed by atoms with van der Waals surface area (Å²) in [5.74, 6) is -0.542. The molecule has 2 unspecified atom stereocenters. The van der Waals surface area contributed by atoms with Crippen molar-refractivity contribution in [1.29, 1.82) is 0 Å². The van der Waals surface area contributed by atoms with E-state index < -0.39 is 38.6 Å². The predicted octanol–water partition coefficient (Wildman–Crippen LogP) is 2.63. The summed E-state index contributed by atoms with van der Waals surface area (Å²) in [6.07, 6.45) is 1.88. The molecule has 164 valence electrons. The van der Waals surface area contributed by atoms with Gasteiger partial charge in [0.1, 0.15) is 23.0 Å². The molecule has 0 saturated heterocycles. The number of sulfone groups is 1. The molecule has 0 bridgehead atoms. The van der Waals surface area contributed by atoms with Crippen molar-refractivity contribution < 1.29 is 22.3 Å². The van der Waals surface area contributed by atoms with Crippen LogP contribution in [0.4, 0.5) is 10.2 Å². The van der Waals surface area contributed by atoms with Crippen LogP contribution in [0.5, 0.6) is 5.75 Å². The number of halogens is 1. The zero-order valence-electron chi connectivity index (χ0n) is 17.5. The van der Waals surface area contributed by atoms with Crippen LogP contribution in [0.15, 0.2) is 30.5 Å². The third-order valence-electron chi connectivity index (χ3n) is 5.05. The lowest BCUT2D eigenvalue weighted by molar-refractivity contribution is -0.116. The summed E-state index contributed by atoms with van der Waals surface area (Å²) < 4.78 is 46.9. The molecule has 1 aliphatic rings. The van der Waals surface area contributed by atoms with Gasteiger partial charge in [-0.25, -0.2) is 17.5 Å². The molecule has 1 amide bonds. The number of aryl methyl sites for hydroxylation is 1. The number of carbonyl (C=O) groups excluding carboxylic acids is 1. The van der Waals surface area contributed by atoms with Gasteiger partial charge in [0.2, 0.25) is 0 Å². The van der Waals surface area contributed by atoms with Gasteiger partial charge < -0.3 is 10.1 Å². The van der Waals surface area contributed by atoms with E-state index in [0.717, 1.165) is 0 Å². The molecule has 2 N–H and O–H groups in total. The summed E-state index contributed by atoms with van der Waals surface area (Å²) in [4.78, 5) is 13.0. The number of nitrogens with one attached hydrogen (secondary N) is 2. The first kappa shape index (κ1) is 22.2. The first-order chi connectivity index (χ1) is 14.1. The van der Waals surface area contributed by atoms with Crippen LogP contribution in [0, 0.1) is 5.82 Å². The Morgan fingerprint density at radius 1 is 1.37 bits per heavy atom. The van der Waals surface area contributed by atoms with Crippen molar-refractivity contribution >= 4 is 21.6 Å². The molecule has 3 rings (SSSR count). The minimum Gasteiger partial charge on any atom is -0.487 e. The second-order valence-corrected chi connectivity index (χ2v) is 10.2. The van der Waals surface area contributed by atoms with Crippen molar-refractivity contribution in [2.45, 2.75) is 57.7 Å². The minimum atomic E-state index is -3.82. The number of fused-ring (bicyclic) bond motifs is 1. The molecule has 0 fully saturated rings. The topological polar surface area (TPSA) is 102 Å². The summed E-state index contributed by atoms with van der Waals surface area (Å²) in [5.41, 5.74) is -0.141. The van der Waals surface area contributed by atoms with Crippen molar-refractivity contribution in [3.05, 3.63) is 41.8 Å². The van der Waals surface area contributed by atoms with Crippen LogP contribution in [-0.4, -0.2) is 40.8 Å². The molecule has 1 aromatic heterocycles. The maximum Gasteiger partial charge on any atom is 0.258 e. The average molecular weight is 439 g/mol. The van der Waals surface area contributed by atoms with Crippen LogP contribution < -0.4 is 15.4 Å². The Kier molecular flexibility index (Phi) is 6.19. The van der Waals surface area contributed by atoms with Crippen LogP contribution >= 0.6 is 0 Å². The summed E-state index contributed by atoms with van der Waals surface area (Å²) in [6, 6.07) is 5.12. The largest absolute Gasteiger partial charge is 0.487 e. The van der Waals surface area contributed by atoms with E-state index in [9.17, 15) is 17.6 Å². The Labute approximate surface area is 175 Å². The molecule has 8 nitrogen and oxygen atoms in total. The zero-order valence-corrected chi connectivity index (χ0v) is 18.3. The number of nitrogens with zero attached hydrogens (tertiary/aromatic N) is 2. The van der Waals surface area contributed by atoms with Gasteiger partial charge >= 0.3 is 0 Å². The predicted molar refractivity (Wildman–Crippen MR) is 111 cm³/mol. The third-order valence-corrected chi connectivity index (χ3v) is 6.92. The van der Waals surface area contributed by atoms with Crippen LogP contribution in [0.25, 0.3) is 0 Å². The van der Waals surface area contributed by atoms with Gasteiger partial charge in [0.25, 0.3) is 5.91 Å². The second-order valence-electron chi connectivity index (χ2n) is 7.82. The SMILES string of the molecule is CCn1nccc1NC(=O)C(NC1CC(C)(C)Oc2ccc(F)cc21)S(=O)(=O)CC. The summed E-state index contributed by atoms with van der Waals surface area (Å²) in [5, 5.41) is 8.16. The molecular formula is C20H27FN4O4S. The highest BCUT2D eigenvalue weighted by Gasteiger charge is 2.39. The van der Waals surface area contributed by atoms with Gasteiger partial charge in [-0.15, -0.1) is 0 Å². The van der Waals surface area contributed by atoms with Crippen LogP contribution in [-0.2, 0) is 21.2 Å². The highest BCUT2D eigenvalue weighted by atomic mass is 32.2. The normalized spacial score (nSPS) is 18.9. The fraction of sp³-hybridized carbons (Fsp3) is 0.500. The van der Waals surface area contributed by atoms with Gasteiger partial charge in [-0.3, -0.25) is 10.1 Å². The molecule has 0 aliphatic carbocycles. The highest BCUT2D eigenvalue weighted by molar-refractivity contribution is 7.92. The molecule has 10 heteroatoms. The number of hydrogen-bond donors (Lipinski definition) is 2. The number of ether oxygens (including phenoxy) is 1. The number of anilines is 1. The van der Waals surface area contributed by atoms with Crippen LogP contribution in [0.3, 0.4) is 0 Å². The zero-order chi connectivity index (χ0) is 22.1. The third kappa shape index (κ3) is 4.65. The van der Waals surface area contributed by atoms with E-state index in [0.29, 0.717) is 30.1 Å². The molecule has 2 aromatic rings. The molecule has 30 heavy (non-hydrogen) atoms. The Bertz CT molecular complexity index is 1040. The maximum atomic E-state index is 13.9. The average Bonchev–Trinajstić information content (AvgIpc) is 3.12. The minimum absolute atomic E-state index is 0.228. The van der Waals surface area contributed by atoms with Crippen molar-refractivity contribution in [3.63, 3.8) is 0 Å². The van der Waals surface area contributed by atoms with E-state index in [1.165, 1.54) is 31.3 Å². The first-order valence-electron chi connectivity index (χ1n) is 9.85. The first-order valence-corrected chi connectivity index (χ1v) is 11.6. The molecule has 0 saturated carbocycles. The molecule has 2 atom stereocenters. The maximum absolute atomic E-state index is 13.9. The lowest BCUT2D eigenvalue weighted by Crippen LogP contribution is -2.51. The van der Waals surface area contributed by atoms with E-state index >= 15 is 0 Å². The summed E-state index contributed by atoms with van der Waals surface area (Å²) >= 11 is 0. The Balaban J connectivity index is 1.94.